The standard InChI is InChI=1S/C22H18ClN3O5/c23-14-5-1-12(2-6-14)19(28)13-3-9-16(10-4-13)31-11-17(27)18-20(24)26(15-7-8-15)22(30)25-21(18)29/h1-6,9-10,15H,7-8,11,24H2,(H,25,29,30). The molecule has 0 spiro atoms. The highest BCUT2D eigenvalue weighted by atomic mass is 35.5. The molecule has 1 heterocycles. The monoisotopic (exact) mass is 439 g/mol. The molecule has 9 heteroatoms. The van der Waals surface area contributed by atoms with Crippen LogP contribution in [0.15, 0.2) is 58.1 Å². The minimum absolute atomic E-state index is 0.0949. The van der Waals surface area contributed by atoms with Gasteiger partial charge in [0.25, 0.3) is 5.56 Å². The van der Waals surface area contributed by atoms with Crippen LogP contribution in [0.2, 0.25) is 5.02 Å². The quantitative estimate of drug-likeness (QED) is 0.545. The van der Waals surface area contributed by atoms with Gasteiger partial charge in [-0.25, -0.2) is 4.79 Å². The Morgan fingerprint density at radius 3 is 2.19 bits per heavy atom. The number of aromatic nitrogens is 2. The maximum absolute atomic E-state index is 12.5. The van der Waals surface area contributed by atoms with Crippen LogP contribution in [0, 0.1) is 0 Å². The van der Waals surface area contributed by atoms with Crippen LogP contribution >= 0.6 is 11.6 Å². The number of aromatic amines is 1. The Balaban J connectivity index is 1.46. The van der Waals surface area contributed by atoms with E-state index in [9.17, 15) is 19.2 Å². The summed E-state index contributed by atoms with van der Waals surface area (Å²) >= 11 is 5.84. The summed E-state index contributed by atoms with van der Waals surface area (Å²) in [5.74, 6) is -0.629. The van der Waals surface area contributed by atoms with Gasteiger partial charge in [-0.2, -0.15) is 0 Å². The Kier molecular flexibility index (Phi) is 5.48. The normalized spacial score (nSPS) is 13.1. The van der Waals surface area contributed by atoms with E-state index in [1.165, 1.54) is 4.57 Å². The molecule has 0 aliphatic heterocycles. The number of nitrogens with two attached hydrogens (primary N) is 1. The molecule has 3 aromatic rings. The van der Waals surface area contributed by atoms with E-state index in [1.807, 2.05) is 0 Å². The number of nitrogens with one attached hydrogen (secondary N) is 1. The predicted molar refractivity (Wildman–Crippen MR) is 115 cm³/mol. The molecule has 0 saturated heterocycles. The van der Waals surface area contributed by atoms with Crippen LogP contribution in [0.4, 0.5) is 5.82 Å². The highest BCUT2D eigenvalue weighted by Gasteiger charge is 2.30. The number of benzene rings is 2. The summed E-state index contributed by atoms with van der Waals surface area (Å²) < 4.78 is 6.70. The molecular formula is C22H18ClN3O5. The van der Waals surface area contributed by atoms with E-state index in [1.54, 1.807) is 48.5 Å². The smallest absolute Gasteiger partial charge is 0.330 e. The van der Waals surface area contributed by atoms with Gasteiger partial charge in [0.2, 0.25) is 5.78 Å². The first-order valence-corrected chi connectivity index (χ1v) is 9.93. The number of ether oxygens (including phenoxy) is 1. The molecule has 0 atom stereocenters. The first kappa shape index (κ1) is 20.6. The SMILES string of the molecule is Nc1c(C(=O)COc2ccc(C(=O)c3ccc(Cl)cc3)cc2)c(=O)[nH]c(=O)n1C1CC1. The number of Topliss-reactive ketones (excluding diaryl/α,β-unsaturated/α-hetero) is 1. The number of hydrogen-bond donors (Lipinski definition) is 2. The first-order valence-electron chi connectivity index (χ1n) is 9.56. The van der Waals surface area contributed by atoms with Crippen molar-refractivity contribution in [1.29, 1.82) is 0 Å². The molecule has 1 aliphatic carbocycles. The van der Waals surface area contributed by atoms with Crippen molar-refractivity contribution in [3.05, 3.63) is 91.1 Å². The van der Waals surface area contributed by atoms with Crippen molar-refractivity contribution in [1.82, 2.24) is 9.55 Å². The average molecular weight is 440 g/mol. The zero-order valence-electron chi connectivity index (χ0n) is 16.3. The summed E-state index contributed by atoms with van der Waals surface area (Å²) in [4.78, 5) is 51.2. The summed E-state index contributed by atoms with van der Waals surface area (Å²) in [5.41, 5.74) is 5.12. The molecule has 1 aromatic heterocycles. The number of H-pyrrole nitrogens is 1. The summed E-state index contributed by atoms with van der Waals surface area (Å²) in [5, 5.41) is 0.539. The second-order valence-electron chi connectivity index (χ2n) is 7.19. The van der Waals surface area contributed by atoms with Crippen LogP contribution in [-0.2, 0) is 0 Å². The molecule has 1 aliphatic rings. The summed E-state index contributed by atoms with van der Waals surface area (Å²) in [6.45, 7) is -0.444. The van der Waals surface area contributed by atoms with Crippen LogP contribution < -0.4 is 21.7 Å². The zero-order valence-corrected chi connectivity index (χ0v) is 17.0. The van der Waals surface area contributed by atoms with Gasteiger partial charge in [0, 0.05) is 22.2 Å². The number of rotatable bonds is 7. The number of hydrogen-bond acceptors (Lipinski definition) is 6. The number of anilines is 1. The lowest BCUT2D eigenvalue weighted by Crippen LogP contribution is -2.36. The topological polar surface area (TPSA) is 124 Å². The molecule has 31 heavy (non-hydrogen) atoms. The molecule has 8 nitrogen and oxygen atoms in total. The lowest BCUT2D eigenvalue weighted by molar-refractivity contribution is 0.0919. The van der Waals surface area contributed by atoms with Crippen LogP contribution in [0.25, 0.3) is 0 Å². The van der Waals surface area contributed by atoms with Gasteiger partial charge in [-0.3, -0.25) is 23.9 Å². The first-order chi connectivity index (χ1) is 14.8. The number of ketones is 2. The minimum atomic E-state index is -0.836. The fourth-order valence-corrected chi connectivity index (χ4v) is 3.35. The molecule has 3 N–H and O–H groups in total. The Labute approximate surface area is 181 Å². The van der Waals surface area contributed by atoms with Crippen molar-refractivity contribution < 1.29 is 14.3 Å². The van der Waals surface area contributed by atoms with Crippen molar-refractivity contribution in [3.63, 3.8) is 0 Å². The molecule has 4 rings (SSSR count). The fraction of sp³-hybridized carbons (Fsp3) is 0.182. The maximum Gasteiger partial charge on any atom is 0.330 e. The van der Waals surface area contributed by atoms with Crippen LogP contribution in [0.5, 0.6) is 5.75 Å². The van der Waals surface area contributed by atoms with Crippen LogP contribution in [0.3, 0.4) is 0 Å². The van der Waals surface area contributed by atoms with Gasteiger partial charge in [-0.15, -0.1) is 0 Å². The Bertz CT molecular complexity index is 1270. The third-order valence-corrected chi connectivity index (χ3v) is 5.22. The molecule has 2 aromatic carbocycles. The molecule has 0 unspecified atom stereocenters. The number of nitrogens with zero attached hydrogens (tertiary/aromatic N) is 1. The third kappa shape index (κ3) is 4.29. The minimum Gasteiger partial charge on any atom is -0.485 e. The Hall–Kier alpha value is -3.65. The second-order valence-corrected chi connectivity index (χ2v) is 7.63. The molecule has 0 bridgehead atoms. The Morgan fingerprint density at radius 1 is 1.03 bits per heavy atom. The maximum atomic E-state index is 12.5. The van der Waals surface area contributed by atoms with Crippen molar-refractivity contribution in [2.24, 2.45) is 0 Å². The molecule has 1 fully saturated rings. The van der Waals surface area contributed by atoms with Crippen molar-refractivity contribution in [2.75, 3.05) is 12.3 Å². The molecular weight excluding hydrogens is 422 g/mol. The van der Waals surface area contributed by atoms with E-state index in [4.69, 9.17) is 22.1 Å². The number of carbonyl (C=O) groups excluding carboxylic acids is 2. The van der Waals surface area contributed by atoms with E-state index in [0.29, 0.717) is 21.9 Å². The van der Waals surface area contributed by atoms with Crippen LogP contribution in [0.1, 0.15) is 45.2 Å². The largest absolute Gasteiger partial charge is 0.485 e. The fourth-order valence-electron chi connectivity index (χ4n) is 3.22. The van der Waals surface area contributed by atoms with Gasteiger partial charge < -0.3 is 10.5 Å². The second kappa shape index (κ2) is 8.23. The number of halogens is 1. The van der Waals surface area contributed by atoms with Gasteiger partial charge in [-0.1, -0.05) is 11.6 Å². The highest BCUT2D eigenvalue weighted by Crippen LogP contribution is 2.35. The summed E-state index contributed by atoms with van der Waals surface area (Å²) in [6.07, 6.45) is 1.53. The molecule has 1 saturated carbocycles. The van der Waals surface area contributed by atoms with E-state index < -0.39 is 23.6 Å². The average Bonchev–Trinajstić information content (AvgIpc) is 3.57. The molecule has 158 valence electrons. The Morgan fingerprint density at radius 2 is 1.61 bits per heavy atom. The molecule has 0 radical (unpaired) electrons. The zero-order chi connectivity index (χ0) is 22.1. The van der Waals surface area contributed by atoms with E-state index in [-0.39, 0.29) is 23.2 Å². The predicted octanol–water partition coefficient (Wildman–Crippen LogP) is 2.60. The van der Waals surface area contributed by atoms with Crippen molar-refractivity contribution in [2.45, 2.75) is 18.9 Å². The lowest BCUT2D eigenvalue weighted by Gasteiger charge is -2.11. The summed E-state index contributed by atoms with van der Waals surface area (Å²) in [7, 11) is 0. The number of nitrogen functional groups attached to an aromatic ring is 1. The third-order valence-electron chi connectivity index (χ3n) is 4.97. The van der Waals surface area contributed by atoms with Gasteiger partial charge in [-0.05, 0) is 61.4 Å². The van der Waals surface area contributed by atoms with Crippen LogP contribution in [-0.4, -0.2) is 27.7 Å². The van der Waals surface area contributed by atoms with Crippen molar-refractivity contribution >= 4 is 29.0 Å². The van der Waals surface area contributed by atoms with Crippen molar-refractivity contribution in [3.8, 4) is 5.75 Å². The van der Waals surface area contributed by atoms with E-state index in [0.717, 1.165) is 12.8 Å². The van der Waals surface area contributed by atoms with Gasteiger partial charge in [0.1, 0.15) is 17.1 Å². The number of carbonyl (C=O) groups is 2. The van der Waals surface area contributed by atoms with E-state index in [2.05, 4.69) is 4.98 Å². The molecule has 0 amide bonds. The highest BCUT2D eigenvalue weighted by molar-refractivity contribution is 6.30. The summed E-state index contributed by atoms with van der Waals surface area (Å²) in [6, 6.07) is 12.7. The van der Waals surface area contributed by atoms with Gasteiger partial charge in [0.15, 0.2) is 12.4 Å². The lowest BCUT2D eigenvalue weighted by atomic mass is 10.0. The van der Waals surface area contributed by atoms with Gasteiger partial charge >= 0.3 is 5.69 Å². The van der Waals surface area contributed by atoms with E-state index >= 15 is 0 Å². The van der Waals surface area contributed by atoms with Gasteiger partial charge in [0.05, 0.1) is 0 Å².